The number of ether oxygens (including phenoxy) is 2. The Labute approximate surface area is 142 Å². The van der Waals surface area contributed by atoms with Crippen molar-refractivity contribution >= 4 is 5.97 Å². The lowest BCUT2D eigenvalue weighted by Crippen LogP contribution is -2.23. The molecule has 0 aromatic rings. The maximum atomic E-state index is 11.5. The maximum absolute atomic E-state index is 11.5. The lowest BCUT2D eigenvalue weighted by molar-refractivity contribution is -0.143. The van der Waals surface area contributed by atoms with Crippen molar-refractivity contribution in [1.29, 1.82) is 0 Å². The number of esters is 1. The Morgan fingerprint density at radius 1 is 0.870 bits per heavy atom. The van der Waals surface area contributed by atoms with E-state index in [0.717, 1.165) is 45.3 Å². The third-order valence-corrected chi connectivity index (χ3v) is 3.64. The van der Waals surface area contributed by atoms with Crippen molar-refractivity contribution in [3.05, 3.63) is 0 Å². The van der Waals surface area contributed by atoms with Gasteiger partial charge in [0.2, 0.25) is 0 Å². The third kappa shape index (κ3) is 19.3. The number of hydrogen-bond acceptors (Lipinski definition) is 5. The predicted molar refractivity (Wildman–Crippen MR) is 93.6 cm³/mol. The van der Waals surface area contributed by atoms with Crippen LogP contribution in [0.5, 0.6) is 0 Å². The van der Waals surface area contributed by atoms with E-state index in [0.29, 0.717) is 26.2 Å². The molecule has 0 fully saturated rings. The van der Waals surface area contributed by atoms with E-state index in [1.807, 2.05) is 0 Å². The Hall–Kier alpha value is -0.650. The maximum Gasteiger partial charge on any atom is 0.305 e. The van der Waals surface area contributed by atoms with E-state index in [4.69, 9.17) is 14.6 Å². The van der Waals surface area contributed by atoms with Gasteiger partial charge in [0.05, 0.1) is 19.8 Å². The van der Waals surface area contributed by atoms with Gasteiger partial charge in [-0.25, -0.2) is 0 Å². The highest BCUT2D eigenvalue weighted by Gasteiger charge is 2.02. The van der Waals surface area contributed by atoms with Gasteiger partial charge in [0.15, 0.2) is 0 Å². The molecule has 5 nitrogen and oxygen atoms in total. The fraction of sp³-hybridized carbons (Fsp3) is 0.944. The summed E-state index contributed by atoms with van der Waals surface area (Å²) in [6, 6.07) is 0. The summed E-state index contributed by atoms with van der Waals surface area (Å²) in [6.45, 7) is 5.73. The lowest BCUT2D eigenvalue weighted by atomic mass is 10.1. The van der Waals surface area contributed by atoms with Crippen LogP contribution in [0.25, 0.3) is 0 Å². The second-order valence-electron chi connectivity index (χ2n) is 5.88. The molecule has 0 rings (SSSR count). The van der Waals surface area contributed by atoms with Crippen LogP contribution in [0.1, 0.15) is 71.1 Å². The fourth-order valence-electron chi connectivity index (χ4n) is 2.24. The molecular weight excluding hydrogens is 294 g/mol. The van der Waals surface area contributed by atoms with Crippen molar-refractivity contribution in [2.45, 2.75) is 71.1 Å². The summed E-state index contributed by atoms with van der Waals surface area (Å²) in [5, 5.41) is 11.6. The molecule has 0 aliphatic heterocycles. The van der Waals surface area contributed by atoms with Crippen molar-refractivity contribution in [1.82, 2.24) is 5.32 Å². The monoisotopic (exact) mass is 331 g/mol. The molecule has 0 saturated heterocycles. The van der Waals surface area contributed by atoms with E-state index in [1.165, 1.54) is 25.7 Å². The van der Waals surface area contributed by atoms with Crippen molar-refractivity contribution in [3.63, 3.8) is 0 Å². The van der Waals surface area contributed by atoms with Crippen molar-refractivity contribution in [2.24, 2.45) is 0 Å². The molecule has 0 spiro atoms. The molecular formula is C18H37NO4. The minimum Gasteiger partial charge on any atom is -0.466 e. The van der Waals surface area contributed by atoms with Gasteiger partial charge < -0.3 is 19.9 Å². The molecule has 0 radical (unpaired) electrons. The summed E-state index contributed by atoms with van der Waals surface area (Å²) >= 11 is 0. The normalized spacial score (nSPS) is 10.9. The average molecular weight is 331 g/mol. The first-order valence-corrected chi connectivity index (χ1v) is 9.36. The van der Waals surface area contributed by atoms with Crippen LogP contribution in [0.3, 0.4) is 0 Å². The Bertz CT molecular complexity index is 249. The molecule has 138 valence electrons. The summed E-state index contributed by atoms with van der Waals surface area (Å²) < 4.78 is 10.7. The van der Waals surface area contributed by atoms with Crippen molar-refractivity contribution in [3.8, 4) is 0 Å². The van der Waals surface area contributed by atoms with Crippen LogP contribution in [0, 0.1) is 0 Å². The average Bonchev–Trinajstić information content (AvgIpc) is 2.55. The van der Waals surface area contributed by atoms with Gasteiger partial charge in [-0.15, -0.1) is 0 Å². The van der Waals surface area contributed by atoms with Gasteiger partial charge in [-0.05, 0) is 19.3 Å². The Morgan fingerprint density at radius 3 is 2.35 bits per heavy atom. The first-order valence-electron chi connectivity index (χ1n) is 9.36. The molecule has 23 heavy (non-hydrogen) atoms. The highest BCUT2D eigenvalue weighted by Crippen LogP contribution is 2.06. The molecule has 0 aromatic carbocycles. The fourth-order valence-corrected chi connectivity index (χ4v) is 2.24. The number of unbranched alkanes of at least 4 members (excludes halogenated alkanes) is 7. The van der Waals surface area contributed by atoms with Crippen molar-refractivity contribution < 1.29 is 19.4 Å². The number of hydrogen-bond donors (Lipinski definition) is 2. The second-order valence-corrected chi connectivity index (χ2v) is 5.88. The topological polar surface area (TPSA) is 67.8 Å². The summed E-state index contributed by atoms with van der Waals surface area (Å²) in [4.78, 5) is 11.5. The Kier molecular flexibility index (Phi) is 18.8. The second kappa shape index (κ2) is 19.4. The van der Waals surface area contributed by atoms with Gasteiger partial charge in [0, 0.05) is 26.1 Å². The van der Waals surface area contributed by atoms with Crippen LogP contribution in [0.15, 0.2) is 0 Å². The van der Waals surface area contributed by atoms with E-state index in [9.17, 15) is 4.79 Å². The van der Waals surface area contributed by atoms with Gasteiger partial charge in [-0.1, -0.05) is 45.4 Å². The summed E-state index contributed by atoms with van der Waals surface area (Å²) in [5.74, 6) is -0.0623. The van der Waals surface area contributed by atoms with Gasteiger partial charge in [-0.2, -0.15) is 0 Å². The Morgan fingerprint density at radius 2 is 1.57 bits per heavy atom. The molecule has 0 atom stereocenters. The molecule has 2 N–H and O–H groups in total. The van der Waals surface area contributed by atoms with E-state index < -0.39 is 0 Å². The van der Waals surface area contributed by atoms with Crippen LogP contribution in [0.4, 0.5) is 0 Å². The molecule has 0 unspecified atom stereocenters. The summed E-state index contributed by atoms with van der Waals surface area (Å²) in [6.07, 6.45) is 10.6. The summed E-state index contributed by atoms with van der Waals surface area (Å²) in [5.41, 5.74) is 0. The number of aliphatic hydroxyl groups is 1. The zero-order chi connectivity index (χ0) is 17.0. The molecule has 0 saturated carbocycles. The zero-order valence-electron chi connectivity index (χ0n) is 15.0. The SMILES string of the molecule is CCCCCCCCOC(=O)CCCCCOCCNCCO. The molecule has 0 amide bonds. The van der Waals surface area contributed by atoms with E-state index >= 15 is 0 Å². The first-order chi connectivity index (χ1) is 11.3. The van der Waals surface area contributed by atoms with Crippen LogP contribution in [-0.2, 0) is 14.3 Å². The quantitative estimate of drug-likeness (QED) is 0.298. The molecule has 0 aromatic heterocycles. The predicted octanol–water partition coefficient (Wildman–Crippen LogP) is 3.05. The Balaban J connectivity index is 3.13. The van der Waals surface area contributed by atoms with Crippen LogP contribution < -0.4 is 5.32 Å². The minimum absolute atomic E-state index is 0.0623. The highest BCUT2D eigenvalue weighted by atomic mass is 16.5. The molecule has 0 aliphatic rings. The van der Waals surface area contributed by atoms with E-state index in [-0.39, 0.29) is 12.6 Å². The number of carbonyl (C=O) groups excluding carboxylic acids is 1. The van der Waals surface area contributed by atoms with E-state index in [2.05, 4.69) is 12.2 Å². The largest absolute Gasteiger partial charge is 0.466 e. The van der Waals surface area contributed by atoms with Gasteiger partial charge in [0.25, 0.3) is 0 Å². The number of rotatable bonds is 18. The van der Waals surface area contributed by atoms with Crippen LogP contribution >= 0.6 is 0 Å². The highest BCUT2D eigenvalue weighted by molar-refractivity contribution is 5.69. The van der Waals surface area contributed by atoms with Gasteiger partial charge in [-0.3, -0.25) is 4.79 Å². The summed E-state index contributed by atoms with van der Waals surface area (Å²) in [7, 11) is 0. The molecule has 0 aliphatic carbocycles. The van der Waals surface area contributed by atoms with Gasteiger partial charge >= 0.3 is 5.97 Å². The van der Waals surface area contributed by atoms with E-state index in [1.54, 1.807) is 0 Å². The van der Waals surface area contributed by atoms with Crippen molar-refractivity contribution in [2.75, 3.05) is 39.5 Å². The molecule has 0 heterocycles. The number of carbonyl (C=O) groups is 1. The lowest BCUT2D eigenvalue weighted by Gasteiger charge is -2.06. The molecule has 0 bridgehead atoms. The molecule has 5 heteroatoms. The number of nitrogens with one attached hydrogen (secondary N) is 1. The minimum atomic E-state index is -0.0623. The number of aliphatic hydroxyl groups excluding tert-OH is 1. The van der Waals surface area contributed by atoms with Crippen LogP contribution in [0.2, 0.25) is 0 Å². The first kappa shape index (κ1) is 22.4. The smallest absolute Gasteiger partial charge is 0.305 e. The third-order valence-electron chi connectivity index (χ3n) is 3.64. The van der Waals surface area contributed by atoms with Gasteiger partial charge in [0.1, 0.15) is 0 Å². The zero-order valence-corrected chi connectivity index (χ0v) is 15.0. The standard InChI is InChI=1S/C18H37NO4/c1-2-3-4-5-6-10-16-23-18(21)11-8-7-9-15-22-17-13-19-12-14-20/h19-20H,2-17H2,1H3. The van der Waals surface area contributed by atoms with Crippen LogP contribution in [-0.4, -0.2) is 50.6 Å².